The molecule has 1 aliphatic rings. The van der Waals surface area contributed by atoms with E-state index in [0.29, 0.717) is 18.7 Å². The van der Waals surface area contributed by atoms with Crippen LogP contribution >= 0.6 is 0 Å². The Morgan fingerprint density at radius 3 is 2.36 bits per heavy atom. The number of sulfonamides is 1. The average Bonchev–Trinajstić information content (AvgIpc) is 2.69. The van der Waals surface area contributed by atoms with E-state index in [-0.39, 0.29) is 17.1 Å². The van der Waals surface area contributed by atoms with Crippen LogP contribution in [0.25, 0.3) is 0 Å². The number of aryl methyl sites for hydroxylation is 3. The third-order valence-corrected chi connectivity index (χ3v) is 7.26. The monoisotopic (exact) mass is 401 g/mol. The van der Waals surface area contributed by atoms with Crippen molar-refractivity contribution < 1.29 is 17.9 Å². The van der Waals surface area contributed by atoms with Crippen LogP contribution in [0.1, 0.15) is 51.9 Å². The second kappa shape index (κ2) is 8.45. The van der Waals surface area contributed by atoms with Crippen LogP contribution in [-0.4, -0.2) is 31.8 Å². The minimum Gasteiger partial charge on any atom is -0.457 e. The highest BCUT2D eigenvalue weighted by molar-refractivity contribution is 7.89. The molecule has 6 heteroatoms. The van der Waals surface area contributed by atoms with Crippen LogP contribution in [0.5, 0.6) is 0 Å². The molecule has 2 aromatic carbocycles. The summed E-state index contributed by atoms with van der Waals surface area (Å²) in [7, 11) is -3.60. The summed E-state index contributed by atoms with van der Waals surface area (Å²) in [5.41, 5.74) is 3.99. The van der Waals surface area contributed by atoms with Gasteiger partial charge in [0.1, 0.15) is 6.61 Å². The molecule has 3 rings (SSSR count). The van der Waals surface area contributed by atoms with Crippen LogP contribution in [0.3, 0.4) is 0 Å². The molecule has 2 aromatic rings. The number of esters is 1. The molecule has 0 atom stereocenters. The largest absolute Gasteiger partial charge is 0.457 e. The molecule has 0 bridgehead atoms. The molecule has 0 aliphatic carbocycles. The lowest BCUT2D eigenvalue weighted by Crippen LogP contribution is -2.36. The van der Waals surface area contributed by atoms with E-state index in [0.717, 1.165) is 36.0 Å². The van der Waals surface area contributed by atoms with Gasteiger partial charge in [-0.15, -0.1) is 0 Å². The Labute approximate surface area is 167 Å². The lowest BCUT2D eigenvalue weighted by atomic mass is 10.1. The third-order valence-electron chi connectivity index (χ3n) is 5.22. The molecule has 0 unspecified atom stereocenters. The predicted octanol–water partition coefficient (Wildman–Crippen LogP) is 4.14. The van der Waals surface area contributed by atoms with Crippen LogP contribution in [0, 0.1) is 20.8 Å². The molecule has 5 nitrogen and oxygen atoms in total. The van der Waals surface area contributed by atoms with Crippen LogP contribution in [0.15, 0.2) is 41.3 Å². The molecular formula is C22H27NO4S. The van der Waals surface area contributed by atoms with Crippen molar-refractivity contribution in [1.82, 2.24) is 4.31 Å². The lowest BCUT2D eigenvalue weighted by molar-refractivity contribution is 0.0471. The first kappa shape index (κ1) is 20.6. The van der Waals surface area contributed by atoms with Gasteiger partial charge in [-0.1, -0.05) is 36.2 Å². The standard InChI is InChI=1S/C22H27NO4S/c1-16-7-8-17(2)20(13-16)15-27-22(24)19-10-9-18(3)21(14-19)28(25,26)23-11-5-4-6-12-23/h7-10,13-14H,4-6,11-12,15H2,1-3H3. The molecule has 150 valence electrons. The normalized spacial score (nSPS) is 15.4. The molecular weight excluding hydrogens is 374 g/mol. The molecule has 1 heterocycles. The van der Waals surface area contributed by atoms with Crippen molar-refractivity contribution in [2.45, 2.75) is 51.5 Å². The predicted molar refractivity (Wildman–Crippen MR) is 109 cm³/mol. The maximum absolute atomic E-state index is 13.0. The second-order valence-corrected chi connectivity index (χ2v) is 9.36. The van der Waals surface area contributed by atoms with E-state index in [4.69, 9.17) is 4.74 Å². The van der Waals surface area contributed by atoms with Gasteiger partial charge in [0.15, 0.2) is 0 Å². The number of benzene rings is 2. The molecule has 0 radical (unpaired) electrons. The zero-order valence-corrected chi connectivity index (χ0v) is 17.5. The molecule has 28 heavy (non-hydrogen) atoms. The second-order valence-electron chi connectivity index (χ2n) is 7.45. The quantitative estimate of drug-likeness (QED) is 0.706. The summed E-state index contributed by atoms with van der Waals surface area (Å²) in [5, 5.41) is 0. The maximum Gasteiger partial charge on any atom is 0.338 e. The summed E-state index contributed by atoms with van der Waals surface area (Å²) >= 11 is 0. The SMILES string of the molecule is Cc1ccc(C)c(COC(=O)c2ccc(C)c(S(=O)(=O)N3CCCCC3)c2)c1. The molecule has 0 spiro atoms. The summed E-state index contributed by atoms with van der Waals surface area (Å²) in [6, 6.07) is 10.7. The number of carbonyl (C=O) groups is 1. The van der Waals surface area contributed by atoms with Gasteiger partial charge in [0, 0.05) is 13.1 Å². The Bertz CT molecular complexity index is 976. The zero-order chi connectivity index (χ0) is 20.3. The van der Waals surface area contributed by atoms with Crippen molar-refractivity contribution in [2.24, 2.45) is 0 Å². The van der Waals surface area contributed by atoms with Gasteiger partial charge in [-0.25, -0.2) is 13.2 Å². The van der Waals surface area contributed by atoms with Gasteiger partial charge in [0.05, 0.1) is 10.5 Å². The smallest absolute Gasteiger partial charge is 0.338 e. The fourth-order valence-electron chi connectivity index (χ4n) is 3.43. The van der Waals surface area contributed by atoms with Gasteiger partial charge in [-0.3, -0.25) is 0 Å². The number of rotatable bonds is 5. The highest BCUT2D eigenvalue weighted by atomic mass is 32.2. The molecule has 0 N–H and O–H groups in total. The van der Waals surface area contributed by atoms with Crippen molar-refractivity contribution >= 4 is 16.0 Å². The maximum atomic E-state index is 13.0. The average molecular weight is 402 g/mol. The van der Waals surface area contributed by atoms with Gasteiger partial charge in [-0.2, -0.15) is 4.31 Å². The minimum atomic E-state index is -3.60. The third kappa shape index (κ3) is 4.45. The van der Waals surface area contributed by atoms with E-state index in [1.54, 1.807) is 19.1 Å². The summed E-state index contributed by atoms with van der Waals surface area (Å²) < 4.78 is 33.0. The van der Waals surface area contributed by atoms with E-state index in [1.165, 1.54) is 10.4 Å². The summed E-state index contributed by atoms with van der Waals surface area (Å²) in [6.07, 6.45) is 2.79. The molecule has 0 saturated carbocycles. The topological polar surface area (TPSA) is 63.7 Å². The van der Waals surface area contributed by atoms with E-state index in [2.05, 4.69) is 0 Å². The number of piperidine rings is 1. The summed E-state index contributed by atoms with van der Waals surface area (Å²) in [4.78, 5) is 12.7. The Hall–Kier alpha value is -2.18. The first-order chi connectivity index (χ1) is 13.3. The summed E-state index contributed by atoms with van der Waals surface area (Å²) in [5.74, 6) is -0.518. The van der Waals surface area contributed by atoms with Crippen molar-refractivity contribution in [1.29, 1.82) is 0 Å². The Balaban J connectivity index is 1.80. The van der Waals surface area contributed by atoms with Gasteiger partial charge < -0.3 is 4.74 Å². The first-order valence-electron chi connectivity index (χ1n) is 9.63. The van der Waals surface area contributed by atoms with Crippen molar-refractivity contribution in [3.05, 3.63) is 64.2 Å². The number of nitrogens with zero attached hydrogens (tertiary/aromatic N) is 1. The molecule has 0 amide bonds. The van der Waals surface area contributed by atoms with Crippen LogP contribution in [-0.2, 0) is 21.4 Å². The summed E-state index contributed by atoms with van der Waals surface area (Å²) in [6.45, 7) is 6.93. The fourth-order valence-corrected chi connectivity index (χ4v) is 5.20. The molecule has 1 aliphatic heterocycles. The van der Waals surface area contributed by atoms with Gasteiger partial charge in [0.25, 0.3) is 0 Å². The van der Waals surface area contributed by atoms with E-state index < -0.39 is 16.0 Å². The zero-order valence-electron chi connectivity index (χ0n) is 16.7. The van der Waals surface area contributed by atoms with Crippen LogP contribution in [0.2, 0.25) is 0 Å². The number of hydrogen-bond donors (Lipinski definition) is 0. The van der Waals surface area contributed by atoms with E-state index >= 15 is 0 Å². The van der Waals surface area contributed by atoms with E-state index in [1.807, 2.05) is 32.0 Å². The Kier molecular flexibility index (Phi) is 6.20. The van der Waals surface area contributed by atoms with Gasteiger partial charge in [0.2, 0.25) is 10.0 Å². The molecule has 1 fully saturated rings. The minimum absolute atomic E-state index is 0.161. The Morgan fingerprint density at radius 2 is 1.64 bits per heavy atom. The highest BCUT2D eigenvalue weighted by Gasteiger charge is 2.28. The van der Waals surface area contributed by atoms with Gasteiger partial charge >= 0.3 is 5.97 Å². The lowest BCUT2D eigenvalue weighted by Gasteiger charge is -2.26. The Morgan fingerprint density at radius 1 is 0.964 bits per heavy atom. The first-order valence-corrected chi connectivity index (χ1v) is 11.1. The number of carbonyl (C=O) groups excluding carboxylic acids is 1. The number of ether oxygens (including phenoxy) is 1. The van der Waals surface area contributed by atoms with Crippen LogP contribution in [0.4, 0.5) is 0 Å². The number of hydrogen-bond acceptors (Lipinski definition) is 4. The van der Waals surface area contributed by atoms with Crippen molar-refractivity contribution in [2.75, 3.05) is 13.1 Å². The van der Waals surface area contributed by atoms with Gasteiger partial charge in [-0.05, 0) is 62.4 Å². The highest BCUT2D eigenvalue weighted by Crippen LogP contribution is 2.25. The molecule has 1 saturated heterocycles. The molecule has 0 aromatic heterocycles. The van der Waals surface area contributed by atoms with Crippen LogP contribution < -0.4 is 0 Å². The van der Waals surface area contributed by atoms with Crippen molar-refractivity contribution in [3.8, 4) is 0 Å². The van der Waals surface area contributed by atoms with E-state index in [9.17, 15) is 13.2 Å². The van der Waals surface area contributed by atoms with Crippen molar-refractivity contribution in [3.63, 3.8) is 0 Å². The fraction of sp³-hybridized carbons (Fsp3) is 0.409.